The maximum atomic E-state index is 12.7. The van der Waals surface area contributed by atoms with E-state index in [0.29, 0.717) is 19.5 Å². The number of nitrogens with zero attached hydrogens (tertiary/aromatic N) is 2. The fourth-order valence-electron chi connectivity index (χ4n) is 3.06. The van der Waals surface area contributed by atoms with Crippen LogP contribution in [0.4, 0.5) is 5.69 Å². The summed E-state index contributed by atoms with van der Waals surface area (Å²) >= 11 is 1.49. The van der Waals surface area contributed by atoms with Crippen molar-refractivity contribution >= 4 is 35.2 Å². The van der Waals surface area contributed by atoms with Crippen LogP contribution in [0.3, 0.4) is 0 Å². The monoisotopic (exact) mass is 418 g/mol. The minimum Gasteiger partial charge on any atom is -0.468 e. The molecule has 0 aliphatic carbocycles. The van der Waals surface area contributed by atoms with Crippen molar-refractivity contribution in [1.29, 1.82) is 5.26 Å². The number of hydrogen-bond donors (Lipinski definition) is 2. The Hall–Kier alpha value is -2.73. The van der Waals surface area contributed by atoms with Gasteiger partial charge in [-0.15, -0.1) is 11.8 Å². The first-order valence-corrected chi connectivity index (χ1v) is 10.4. The third-order valence-electron chi connectivity index (χ3n) is 4.62. The van der Waals surface area contributed by atoms with Crippen LogP contribution in [0, 0.1) is 17.2 Å². The van der Waals surface area contributed by atoms with Crippen molar-refractivity contribution < 1.29 is 19.1 Å². The van der Waals surface area contributed by atoms with E-state index < -0.39 is 17.8 Å². The average molecular weight is 419 g/mol. The number of methoxy groups -OCH3 is 1. The Morgan fingerprint density at radius 1 is 1.34 bits per heavy atom. The van der Waals surface area contributed by atoms with Crippen LogP contribution in [-0.2, 0) is 19.1 Å². The first-order valence-electron chi connectivity index (χ1n) is 9.49. The summed E-state index contributed by atoms with van der Waals surface area (Å²) in [6.45, 7) is 2.77. The number of carbonyl (C=O) groups excluding carboxylic acids is 3. The molecule has 8 nitrogen and oxygen atoms in total. The Kier molecular flexibility index (Phi) is 8.80. The fourth-order valence-corrected chi connectivity index (χ4v) is 4.65. The molecule has 0 radical (unpaired) electrons. The van der Waals surface area contributed by atoms with Crippen molar-refractivity contribution in [1.82, 2.24) is 10.2 Å². The Balaban J connectivity index is 1.90. The molecule has 1 fully saturated rings. The Morgan fingerprint density at radius 3 is 2.69 bits per heavy atom. The van der Waals surface area contributed by atoms with Crippen molar-refractivity contribution in [3.05, 3.63) is 30.3 Å². The predicted molar refractivity (Wildman–Crippen MR) is 111 cm³/mol. The summed E-state index contributed by atoms with van der Waals surface area (Å²) in [6.07, 6.45) is 0.869. The van der Waals surface area contributed by atoms with Gasteiger partial charge in [0.2, 0.25) is 11.8 Å². The van der Waals surface area contributed by atoms with Gasteiger partial charge in [-0.25, -0.2) is 0 Å². The summed E-state index contributed by atoms with van der Waals surface area (Å²) in [7, 11) is 1.23. The topological polar surface area (TPSA) is 112 Å². The first kappa shape index (κ1) is 22.6. The Labute approximate surface area is 175 Å². The quantitative estimate of drug-likeness (QED) is 0.555. The lowest BCUT2D eigenvalue weighted by atomic mass is 10.1. The van der Waals surface area contributed by atoms with Gasteiger partial charge in [0.25, 0.3) is 0 Å². The van der Waals surface area contributed by atoms with Gasteiger partial charge in [0.05, 0.1) is 23.8 Å². The highest BCUT2D eigenvalue weighted by Gasteiger charge is 2.40. The molecule has 1 aromatic carbocycles. The van der Waals surface area contributed by atoms with Crippen molar-refractivity contribution in [2.24, 2.45) is 5.92 Å². The molecule has 0 saturated carbocycles. The van der Waals surface area contributed by atoms with Gasteiger partial charge in [-0.3, -0.25) is 14.4 Å². The number of para-hydroxylation sites is 1. The Morgan fingerprint density at radius 2 is 2.07 bits per heavy atom. The lowest BCUT2D eigenvalue weighted by Crippen LogP contribution is -2.39. The molecule has 2 amide bonds. The van der Waals surface area contributed by atoms with Gasteiger partial charge in [-0.1, -0.05) is 18.2 Å². The maximum absolute atomic E-state index is 12.7. The van der Waals surface area contributed by atoms with E-state index in [2.05, 4.69) is 15.4 Å². The molecule has 156 valence electrons. The van der Waals surface area contributed by atoms with E-state index in [0.717, 1.165) is 5.69 Å². The van der Waals surface area contributed by atoms with Crippen LogP contribution < -0.4 is 10.6 Å². The molecule has 1 heterocycles. The van der Waals surface area contributed by atoms with Crippen molar-refractivity contribution in [2.75, 3.05) is 32.1 Å². The third kappa shape index (κ3) is 6.39. The number of benzene rings is 1. The van der Waals surface area contributed by atoms with Gasteiger partial charge in [0, 0.05) is 25.2 Å². The molecular formula is C20H26N4O4S. The first-order chi connectivity index (χ1) is 14.0. The zero-order valence-corrected chi connectivity index (χ0v) is 17.4. The highest BCUT2D eigenvalue weighted by Crippen LogP contribution is 2.36. The summed E-state index contributed by atoms with van der Waals surface area (Å²) < 4.78 is 4.48. The molecule has 3 atom stereocenters. The standard InChI is InChI=1S/C20H26N4O4S/c1-3-24-17(11-14(12-21)19(26)23-13-18(25)28-2)29-16(20(24)27)9-10-22-15-7-5-4-6-8-15/h4-8,14,16-17,22H,3,9-11,13H2,1-2H3,(H,23,26). The van der Waals surface area contributed by atoms with Crippen LogP contribution in [-0.4, -0.2) is 60.1 Å². The molecule has 29 heavy (non-hydrogen) atoms. The van der Waals surface area contributed by atoms with Gasteiger partial charge < -0.3 is 20.3 Å². The Bertz CT molecular complexity index is 753. The molecule has 1 saturated heterocycles. The lowest BCUT2D eigenvalue weighted by molar-refractivity contribution is -0.141. The molecule has 9 heteroatoms. The average Bonchev–Trinajstić information content (AvgIpc) is 3.04. The van der Waals surface area contributed by atoms with Gasteiger partial charge in [-0.2, -0.15) is 5.26 Å². The molecule has 3 unspecified atom stereocenters. The second kappa shape index (κ2) is 11.3. The minimum atomic E-state index is -0.944. The molecular weight excluding hydrogens is 392 g/mol. The zero-order chi connectivity index (χ0) is 21.2. The molecule has 0 spiro atoms. The largest absolute Gasteiger partial charge is 0.468 e. The highest BCUT2D eigenvalue weighted by molar-refractivity contribution is 8.01. The molecule has 1 aliphatic rings. The highest BCUT2D eigenvalue weighted by atomic mass is 32.2. The second-order valence-corrected chi connectivity index (χ2v) is 7.88. The van der Waals surface area contributed by atoms with E-state index in [9.17, 15) is 19.6 Å². The fraction of sp³-hybridized carbons (Fsp3) is 0.500. The van der Waals surface area contributed by atoms with Crippen molar-refractivity contribution in [2.45, 2.75) is 30.4 Å². The van der Waals surface area contributed by atoms with E-state index >= 15 is 0 Å². The summed E-state index contributed by atoms with van der Waals surface area (Å²) in [4.78, 5) is 37.8. The van der Waals surface area contributed by atoms with E-state index in [1.807, 2.05) is 43.3 Å². The number of rotatable bonds is 10. The minimum absolute atomic E-state index is 0.0315. The van der Waals surface area contributed by atoms with Crippen LogP contribution in [0.25, 0.3) is 0 Å². The predicted octanol–water partition coefficient (Wildman–Crippen LogP) is 1.60. The van der Waals surface area contributed by atoms with E-state index in [-0.39, 0.29) is 29.5 Å². The van der Waals surface area contributed by atoms with Gasteiger partial charge >= 0.3 is 5.97 Å². The summed E-state index contributed by atoms with van der Waals surface area (Å²) in [5.74, 6) is -2.03. The second-order valence-electron chi connectivity index (χ2n) is 6.50. The number of nitrogens with one attached hydrogen (secondary N) is 2. The van der Waals surface area contributed by atoms with E-state index in [4.69, 9.17) is 0 Å². The van der Waals surface area contributed by atoms with Crippen LogP contribution >= 0.6 is 11.8 Å². The third-order valence-corrected chi connectivity index (χ3v) is 6.15. The van der Waals surface area contributed by atoms with Crippen LogP contribution in [0.5, 0.6) is 0 Å². The number of esters is 1. The molecule has 1 aliphatic heterocycles. The number of amides is 2. The van der Waals surface area contributed by atoms with Crippen molar-refractivity contribution in [3.63, 3.8) is 0 Å². The van der Waals surface area contributed by atoms with Crippen LogP contribution in [0.1, 0.15) is 19.8 Å². The number of ether oxygens (including phenoxy) is 1. The number of anilines is 1. The van der Waals surface area contributed by atoms with E-state index in [1.165, 1.54) is 18.9 Å². The molecule has 0 bridgehead atoms. The number of hydrogen-bond acceptors (Lipinski definition) is 7. The molecule has 2 N–H and O–H groups in total. The van der Waals surface area contributed by atoms with E-state index in [1.54, 1.807) is 4.90 Å². The smallest absolute Gasteiger partial charge is 0.325 e. The normalized spacial score (nSPS) is 19.3. The zero-order valence-electron chi connectivity index (χ0n) is 16.6. The number of carbonyl (C=O) groups is 3. The van der Waals surface area contributed by atoms with Crippen molar-refractivity contribution in [3.8, 4) is 6.07 Å². The molecule has 2 rings (SSSR count). The van der Waals surface area contributed by atoms with Crippen LogP contribution in [0.2, 0.25) is 0 Å². The molecule has 1 aromatic rings. The summed E-state index contributed by atoms with van der Waals surface area (Å²) in [5, 5.41) is 14.6. The number of nitriles is 1. The SMILES string of the molecule is CCN1C(=O)C(CCNc2ccccc2)SC1CC(C#N)C(=O)NCC(=O)OC. The van der Waals surface area contributed by atoms with Gasteiger partial charge in [0.15, 0.2) is 0 Å². The van der Waals surface area contributed by atoms with Gasteiger partial charge in [0.1, 0.15) is 12.5 Å². The number of thioether (sulfide) groups is 1. The molecule has 0 aromatic heterocycles. The van der Waals surface area contributed by atoms with Gasteiger partial charge in [-0.05, 0) is 25.5 Å². The summed E-state index contributed by atoms with van der Waals surface area (Å²) in [5.41, 5.74) is 0.999. The van der Waals surface area contributed by atoms with Crippen LogP contribution in [0.15, 0.2) is 30.3 Å². The lowest BCUT2D eigenvalue weighted by Gasteiger charge is -2.23. The summed E-state index contributed by atoms with van der Waals surface area (Å²) in [6, 6.07) is 11.7. The maximum Gasteiger partial charge on any atom is 0.325 e.